The van der Waals surface area contributed by atoms with E-state index in [1.807, 2.05) is 11.8 Å². The molecule has 1 N–H and O–H groups in total. The van der Waals surface area contributed by atoms with Crippen LogP contribution >= 0.6 is 11.8 Å². The molecular formula is C17H29N3S. The number of thioether (sulfide) groups is 1. The van der Waals surface area contributed by atoms with Gasteiger partial charge in [-0.2, -0.15) is 11.8 Å². The summed E-state index contributed by atoms with van der Waals surface area (Å²) in [5, 5.41) is 3.99. The van der Waals surface area contributed by atoms with Crippen molar-refractivity contribution >= 4 is 11.8 Å². The molecule has 21 heavy (non-hydrogen) atoms. The van der Waals surface area contributed by atoms with Gasteiger partial charge in [0.25, 0.3) is 0 Å². The Kier molecular flexibility index (Phi) is 6.49. The third-order valence-corrected chi connectivity index (χ3v) is 5.44. The van der Waals surface area contributed by atoms with Gasteiger partial charge in [-0.3, -0.25) is 0 Å². The number of hydrogen-bond donors (Lipinski definition) is 1. The zero-order valence-electron chi connectivity index (χ0n) is 13.9. The average molecular weight is 308 g/mol. The third-order valence-electron chi connectivity index (χ3n) is 4.06. The molecule has 118 valence electrons. The fourth-order valence-corrected chi connectivity index (χ4v) is 4.11. The molecule has 1 aromatic heterocycles. The van der Waals surface area contributed by atoms with Gasteiger partial charge in [-0.1, -0.05) is 20.3 Å². The predicted octanol–water partition coefficient (Wildman–Crippen LogP) is 3.98. The normalized spacial score (nSPS) is 19.2. The van der Waals surface area contributed by atoms with E-state index < -0.39 is 0 Å². The molecule has 0 aromatic carbocycles. The van der Waals surface area contributed by atoms with Crippen molar-refractivity contribution in [1.82, 2.24) is 15.3 Å². The van der Waals surface area contributed by atoms with Crippen LogP contribution in [0.2, 0.25) is 0 Å². The largest absolute Gasteiger partial charge is 0.315 e. The van der Waals surface area contributed by atoms with E-state index in [0.717, 1.165) is 25.2 Å². The Morgan fingerprint density at radius 2 is 1.90 bits per heavy atom. The highest BCUT2D eigenvalue weighted by atomic mass is 32.2. The summed E-state index contributed by atoms with van der Waals surface area (Å²) < 4.78 is 0. The zero-order chi connectivity index (χ0) is 15.2. The molecule has 0 spiro atoms. The van der Waals surface area contributed by atoms with Gasteiger partial charge in [0.2, 0.25) is 0 Å². The van der Waals surface area contributed by atoms with Crippen LogP contribution in [-0.4, -0.2) is 28.3 Å². The Bertz CT molecular complexity index is 430. The van der Waals surface area contributed by atoms with Crippen molar-refractivity contribution in [2.75, 3.05) is 12.3 Å². The Balaban J connectivity index is 1.99. The molecule has 1 unspecified atom stereocenters. The molecule has 0 saturated carbocycles. The van der Waals surface area contributed by atoms with Gasteiger partial charge in [-0.25, -0.2) is 9.97 Å². The van der Waals surface area contributed by atoms with E-state index in [0.29, 0.717) is 11.3 Å². The summed E-state index contributed by atoms with van der Waals surface area (Å²) in [6, 6.07) is 0.564. The topological polar surface area (TPSA) is 37.8 Å². The predicted molar refractivity (Wildman–Crippen MR) is 92.0 cm³/mol. The summed E-state index contributed by atoms with van der Waals surface area (Å²) in [4.78, 5) is 9.64. The Hall–Kier alpha value is -0.610. The second kappa shape index (κ2) is 8.14. The lowest BCUT2D eigenvalue weighted by atomic mass is 10.1. The fourth-order valence-electron chi connectivity index (χ4n) is 2.87. The van der Waals surface area contributed by atoms with Crippen LogP contribution in [0.1, 0.15) is 67.6 Å². The first-order chi connectivity index (χ1) is 10.1. The van der Waals surface area contributed by atoms with E-state index in [1.54, 1.807) is 0 Å². The summed E-state index contributed by atoms with van der Waals surface area (Å²) in [6.45, 7) is 9.75. The van der Waals surface area contributed by atoms with E-state index in [4.69, 9.17) is 9.97 Å². The van der Waals surface area contributed by atoms with Crippen molar-refractivity contribution in [3.8, 4) is 0 Å². The van der Waals surface area contributed by atoms with Crippen molar-refractivity contribution < 1.29 is 0 Å². The first-order valence-electron chi connectivity index (χ1n) is 8.27. The second-order valence-corrected chi connectivity index (χ2v) is 7.61. The van der Waals surface area contributed by atoms with Gasteiger partial charge in [0.1, 0.15) is 5.82 Å². The smallest absolute Gasteiger partial charge is 0.141 e. The van der Waals surface area contributed by atoms with Crippen molar-refractivity contribution in [3.63, 3.8) is 0 Å². The maximum absolute atomic E-state index is 4.82. The number of aromatic nitrogens is 2. The maximum Gasteiger partial charge on any atom is 0.141 e. The molecule has 1 atom stereocenters. The summed E-state index contributed by atoms with van der Waals surface area (Å²) in [7, 11) is 0. The van der Waals surface area contributed by atoms with Crippen LogP contribution in [0, 0.1) is 13.8 Å². The van der Waals surface area contributed by atoms with E-state index in [9.17, 15) is 0 Å². The van der Waals surface area contributed by atoms with Crippen molar-refractivity contribution in [2.24, 2.45) is 0 Å². The number of rotatable bonds is 6. The highest BCUT2D eigenvalue weighted by molar-refractivity contribution is 7.99. The molecule has 0 aliphatic carbocycles. The molecule has 1 aromatic rings. The van der Waals surface area contributed by atoms with Crippen LogP contribution in [-0.2, 0) is 6.42 Å². The van der Waals surface area contributed by atoms with Gasteiger partial charge in [0.15, 0.2) is 0 Å². The summed E-state index contributed by atoms with van der Waals surface area (Å²) in [5.41, 5.74) is 3.73. The minimum atomic E-state index is 0.521. The molecule has 0 amide bonds. The molecule has 2 heterocycles. The molecule has 1 aliphatic rings. The molecule has 4 heteroatoms. The van der Waals surface area contributed by atoms with Gasteiger partial charge < -0.3 is 5.32 Å². The molecule has 2 rings (SSSR count). The minimum absolute atomic E-state index is 0.521. The summed E-state index contributed by atoms with van der Waals surface area (Å²) >= 11 is 2.03. The van der Waals surface area contributed by atoms with Crippen molar-refractivity contribution in [2.45, 2.75) is 71.1 Å². The molecule has 0 bridgehead atoms. The van der Waals surface area contributed by atoms with E-state index in [2.05, 4.69) is 33.0 Å². The summed E-state index contributed by atoms with van der Waals surface area (Å²) in [6.07, 6.45) is 6.14. The quantitative estimate of drug-likeness (QED) is 0.807. The fraction of sp³-hybridized carbons (Fsp3) is 0.765. The zero-order valence-corrected chi connectivity index (χ0v) is 14.7. The van der Waals surface area contributed by atoms with Crippen LogP contribution in [0.4, 0.5) is 0 Å². The SMILES string of the molecule is Cc1nc(C2CCCCS2)nc(C)c1CCCNC(C)C. The van der Waals surface area contributed by atoms with Gasteiger partial charge in [0.05, 0.1) is 5.25 Å². The lowest BCUT2D eigenvalue weighted by molar-refractivity contribution is 0.568. The second-order valence-electron chi connectivity index (χ2n) is 6.30. The molecule has 1 aliphatic heterocycles. The third kappa shape index (κ3) is 4.96. The van der Waals surface area contributed by atoms with Gasteiger partial charge in [0, 0.05) is 17.4 Å². The first kappa shape index (κ1) is 16.8. The molecule has 1 fully saturated rings. The van der Waals surface area contributed by atoms with Crippen molar-refractivity contribution in [3.05, 3.63) is 22.8 Å². The number of hydrogen-bond acceptors (Lipinski definition) is 4. The number of aryl methyl sites for hydroxylation is 2. The van der Waals surface area contributed by atoms with Crippen molar-refractivity contribution in [1.29, 1.82) is 0 Å². The highest BCUT2D eigenvalue weighted by Gasteiger charge is 2.20. The Morgan fingerprint density at radius 1 is 1.19 bits per heavy atom. The summed E-state index contributed by atoms with van der Waals surface area (Å²) in [5.74, 6) is 2.33. The molecule has 3 nitrogen and oxygen atoms in total. The van der Waals surface area contributed by atoms with E-state index in [1.165, 1.54) is 42.0 Å². The van der Waals surface area contributed by atoms with Crippen LogP contribution < -0.4 is 5.32 Å². The van der Waals surface area contributed by atoms with Crippen LogP contribution in [0.5, 0.6) is 0 Å². The van der Waals surface area contributed by atoms with Crippen LogP contribution in [0.3, 0.4) is 0 Å². The lowest BCUT2D eigenvalue weighted by Gasteiger charge is -2.21. The lowest BCUT2D eigenvalue weighted by Crippen LogP contribution is -2.24. The monoisotopic (exact) mass is 307 g/mol. The number of nitrogens with one attached hydrogen (secondary N) is 1. The maximum atomic E-state index is 4.82. The standard InChI is InChI=1S/C17H29N3S/c1-12(2)18-10-7-8-15-13(3)19-17(20-14(15)4)16-9-5-6-11-21-16/h12,16,18H,5-11H2,1-4H3. The van der Waals surface area contributed by atoms with Crippen LogP contribution in [0.25, 0.3) is 0 Å². The van der Waals surface area contributed by atoms with Gasteiger partial charge in [-0.05, 0) is 57.4 Å². The van der Waals surface area contributed by atoms with E-state index >= 15 is 0 Å². The highest BCUT2D eigenvalue weighted by Crippen LogP contribution is 2.36. The van der Waals surface area contributed by atoms with E-state index in [-0.39, 0.29) is 0 Å². The minimum Gasteiger partial charge on any atom is -0.315 e. The average Bonchev–Trinajstić information content (AvgIpc) is 2.46. The van der Waals surface area contributed by atoms with Crippen LogP contribution in [0.15, 0.2) is 0 Å². The number of nitrogens with zero attached hydrogens (tertiary/aromatic N) is 2. The van der Waals surface area contributed by atoms with Gasteiger partial charge >= 0.3 is 0 Å². The molecule has 1 saturated heterocycles. The Morgan fingerprint density at radius 3 is 2.48 bits per heavy atom. The Labute approximate surface area is 133 Å². The van der Waals surface area contributed by atoms with Gasteiger partial charge in [-0.15, -0.1) is 0 Å². The molecular weight excluding hydrogens is 278 g/mol. The molecule has 0 radical (unpaired) electrons. The first-order valence-corrected chi connectivity index (χ1v) is 9.31.